The molecule has 1 fully saturated rings. The largest absolute Gasteiger partial charge is 0.468 e. The standard InChI is InChI=1S/C27H46N2O4Si2/c1-25(2,3)34(8,9)32-17-27(18-33-35(10,11)26(4,5)6)23-20(16-22(29-27)24(30)31-7)19-14-12-13-15-21(19)28-23/h12-15,20,22,29H,16-18H2,1-11H3/t20?,22-/m0/s1. The van der Waals surface area contributed by atoms with Gasteiger partial charge in [-0.15, -0.1) is 0 Å². The zero-order valence-electron chi connectivity index (χ0n) is 23.7. The molecule has 2 heterocycles. The van der Waals surface area contributed by atoms with Crippen molar-refractivity contribution in [2.24, 2.45) is 4.99 Å². The second-order valence-electron chi connectivity index (χ2n) is 13.2. The van der Waals surface area contributed by atoms with E-state index >= 15 is 0 Å². The Labute approximate surface area is 214 Å². The third-order valence-electron chi connectivity index (χ3n) is 8.75. The van der Waals surface area contributed by atoms with E-state index in [2.05, 4.69) is 85.2 Å². The van der Waals surface area contributed by atoms with Crippen LogP contribution in [0.4, 0.5) is 5.69 Å². The average molecular weight is 519 g/mol. The smallest absolute Gasteiger partial charge is 0.322 e. The Morgan fingerprint density at radius 1 is 1.00 bits per heavy atom. The summed E-state index contributed by atoms with van der Waals surface area (Å²) < 4.78 is 18.9. The number of nitrogens with one attached hydrogen (secondary N) is 1. The highest BCUT2D eigenvalue weighted by Crippen LogP contribution is 2.46. The Kier molecular flexibility index (Phi) is 7.68. The fourth-order valence-electron chi connectivity index (χ4n) is 4.23. The van der Waals surface area contributed by atoms with Crippen molar-refractivity contribution >= 4 is 34.0 Å². The van der Waals surface area contributed by atoms with Gasteiger partial charge in [-0.3, -0.25) is 15.1 Å². The molecule has 0 aromatic heterocycles. The third kappa shape index (κ3) is 5.51. The molecule has 196 valence electrons. The van der Waals surface area contributed by atoms with Crippen LogP contribution in [0.1, 0.15) is 59.4 Å². The van der Waals surface area contributed by atoms with E-state index in [4.69, 9.17) is 18.6 Å². The Hall–Kier alpha value is -1.33. The Bertz CT molecular complexity index is 946. The maximum Gasteiger partial charge on any atom is 0.322 e. The maximum atomic E-state index is 12.9. The molecule has 1 saturated heterocycles. The van der Waals surface area contributed by atoms with Gasteiger partial charge in [0.05, 0.1) is 31.7 Å². The molecule has 1 unspecified atom stereocenters. The maximum absolute atomic E-state index is 12.9. The molecule has 0 radical (unpaired) electrons. The van der Waals surface area contributed by atoms with Gasteiger partial charge in [-0.1, -0.05) is 59.7 Å². The van der Waals surface area contributed by atoms with E-state index in [1.54, 1.807) is 0 Å². The number of nitrogens with zero attached hydrogens (tertiary/aromatic N) is 1. The van der Waals surface area contributed by atoms with Crippen LogP contribution in [0.2, 0.25) is 36.3 Å². The number of benzene rings is 1. The minimum Gasteiger partial charge on any atom is -0.468 e. The Morgan fingerprint density at radius 3 is 2.00 bits per heavy atom. The van der Waals surface area contributed by atoms with Gasteiger partial charge in [-0.25, -0.2) is 0 Å². The van der Waals surface area contributed by atoms with E-state index < -0.39 is 28.2 Å². The van der Waals surface area contributed by atoms with E-state index in [-0.39, 0.29) is 22.0 Å². The number of hydrogen-bond donors (Lipinski definition) is 1. The quantitative estimate of drug-likeness (QED) is 0.345. The topological polar surface area (TPSA) is 69.2 Å². The lowest BCUT2D eigenvalue weighted by Crippen LogP contribution is -2.69. The molecule has 1 aromatic rings. The molecule has 8 heteroatoms. The van der Waals surface area contributed by atoms with Crippen LogP contribution in [0.3, 0.4) is 0 Å². The second kappa shape index (κ2) is 9.52. The summed E-state index contributed by atoms with van der Waals surface area (Å²) in [6.07, 6.45) is 0.616. The molecule has 2 aliphatic rings. The summed E-state index contributed by atoms with van der Waals surface area (Å²) in [5, 5.41) is 3.78. The minimum atomic E-state index is -2.08. The van der Waals surface area contributed by atoms with Gasteiger partial charge in [-0.2, -0.15) is 0 Å². The highest BCUT2D eigenvalue weighted by atomic mass is 28.4. The van der Waals surface area contributed by atoms with Gasteiger partial charge in [0, 0.05) is 5.92 Å². The van der Waals surface area contributed by atoms with Crippen molar-refractivity contribution in [3.05, 3.63) is 29.8 Å². The summed E-state index contributed by atoms with van der Waals surface area (Å²) in [6.45, 7) is 23.3. The minimum absolute atomic E-state index is 0.0302. The van der Waals surface area contributed by atoms with Crippen LogP contribution in [0.5, 0.6) is 0 Å². The average Bonchev–Trinajstić information content (AvgIpc) is 3.13. The summed E-state index contributed by atoms with van der Waals surface area (Å²) in [6, 6.07) is 7.80. The van der Waals surface area contributed by atoms with Crippen molar-refractivity contribution in [3.63, 3.8) is 0 Å². The highest BCUT2D eigenvalue weighted by Gasteiger charge is 2.53. The monoisotopic (exact) mass is 518 g/mol. The molecule has 0 aliphatic carbocycles. The Morgan fingerprint density at radius 2 is 1.51 bits per heavy atom. The van der Waals surface area contributed by atoms with Gasteiger partial charge in [0.25, 0.3) is 0 Å². The van der Waals surface area contributed by atoms with Crippen molar-refractivity contribution in [2.75, 3.05) is 20.3 Å². The molecule has 2 atom stereocenters. The molecule has 0 saturated carbocycles. The van der Waals surface area contributed by atoms with Crippen LogP contribution in [0, 0.1) is 0 Å². The number of para-hydroxylation sites is 1. The first-order valence-electron chi connectivity index (χ1n) is 12.8. The first-order valence-corrected chi connectivity index (χ1v) is 18.6. The van der Waals surface area contributed by atoms with Gasteiger partial charge in [0.2, 0.25) is 0 Å². The van der Waals surface area contributed by atoms with Gasteiger partial charge in [0.1, 0.15) is 11.6 Å². The van der Waals surface area contributed by atoms with E-state index in [9.17, 15) is 4.79 Å². The number of fused-ring (bicyclic) bond motifs is 3. The summed E-state index contributed by atoms with van der Waals surface area (Å²) in [5.74, 6) is -0.222. The van der Waals surface area contributed by atoms with Gasteiger partial charge in [-0.05, 0) is 54.3 Å². The molecule has 3 rings (SSSR count). The zero-order chi connectivity index (χ0) is 26.4. The van der Waals surface area contributed by atoms with Crippen LogP contribution >= 0.6 is 0 Å². The molecule has 0 bridgehead atoms. The summed E-state index contributed by atoms with van der Waals surface area (Å²) in [4.78, 5) is 18.0. The fraction of sp³-hybridized carbons (Fsp3) is 0.704. The first-order chi connectivity index (χ1) is 15.9. The number of esters is 1. The lowest BCUT2D eigenvalue weighted by Gasteiger charge is -2.48. The van der Waals surface area contributed by atoms with E-state index in [1.807, 2.05) is 12.1 Å². The molecule has 1 N–H and O–H groups in total. The number of methoxy groups -OCH3 is 1. The lowest BCUT2D eigenvalue weighted by atomic mass is 9.76. The summed E-state index contributed by atoms with van der Waals surface area (Å²) in [7, 11) is -2.71. The number of aliphatic imine (C=N–C) groups is 1. The number of hydrogen-bond acceptors (Lipinski definition) is 6. The van der Waals surface area contributed by atoms with Gasteiger partial charge in [0.15, 0.2) is 16.6 Å². The molecule has 6 nitrogen and oxygen atoms in total. The van der Waals surface area contributed by atoms with Gasteiger partial charge < -0.3 is 13.6 Å². The number of rotatable bonds is 7. The lowest BCUT2D eigenvalue weighted by molar-refractivity contribution is -0.144. The third-order valence-corrected chi connectivity index (χ3v) is 17.7. The molecule has 0 amide bonds. The van der Waals surface area contributed by atoms with Crippen LogP contribution in [0.15, 0.2) is 29.3 Å². The van der Waals surface area contributed by atoms with Crippen molar-refractivity contribution in [1.82, 2.24) is 5.32 Å². The summed E-state index contributed by atoms with van der Waals surface area (Å²) in [5.41, 5.74) is 2.45. The fourth-order valence-corrected chi connectivity index (χ4v) is 6.31. The molecule has 1 aromatic carbocycles. The predicted octanol–water partition coefficient (Wildman–Crippen LogP) is 6.17. The van der Waals surface area contributed by atoms with Crippen molar-refractivity contribution in [1.29, 1.82) is 0 Å². The molecular weight excluding hydrogens is 472 g/mol. The zero-order valence-corrected chi connectivity index (χ0v) is 25.7. The molecule has 35 heavy (non-hydrogen) atoms. The predicted molar refractivity (Wildman–Crippen MR) is 149 cm³/mol. The highest BCUT2D eigenvalue weighted by molar-refractivity contribution is 6.74. The number of ether oxygens (including phenoxy) is 1. The summed E-state index contributed by atoms with van der Waals surface area (Å²) >= 11 is 0. The molecule has 2 aliphatic heterocycles. The Balaban J connectivity index is 2.08. The van der Waals surface area contributed by atoms with Crippen molar-refractivity contribution in [3.8, 4) is 0 Å². The van der Waals surface area contributed by atoms with Crippen LogP contribution < -0.4 is 5.32 Å². The normalized spacial score (nSPS) is 22.3. The van der Waals surface area contributed by atoms with E-state index in [1.165, 1.54) is 12.7 Å². The number of piperidine rings is 1. The van der Waals surface area contributed by atoms with E-state index in [0.29, 0.717) is 19.6 Å². The second-order valence-corrected chi connectivity index (χ2v) is 22.9. The van der Waals surface area contributed by atoms with E-state index in [0.717, 1.165) is 11.4 Å². The van der Waals surface area contributed by atoms with Crippen molar-refractivity contribution in [2.45, 2.75) is 102 Å². The van der Waals surface area contributed by atoms with Crippen molar-refractivity contribution < 1.29 is 18.4 Å². The first kappa shape index (κ1) is 28.2. The SMILES string of the molecule is COC(=O)[C@@H]1CC2C(=Nc3ccccc32)C(CO[Si](C)(C)C(C)(C)C)(CO[Si](C)(C)C(C)(C)C)N1. The molecular formula is C27H46N2O4Si2. The number of carbonyl (C=O) groups excluding carboxylic acids is 1. The van der Waals surface area contributed by atoms with Gasteiger partial charge >= 0.3 is 5.97 Å². The molecule has 0 spiro atoms. The van der Waals surface area contributed by atoms with Crippen LogP contribution in [-0.2, 0) is 18.4 Å². The van der Waals surface area contributed by atoms with Crippen LogP contribution in [0.25, 0.3) is 0 Å². The number of carbonyl (C=O) groups is 1. The van der Waals surface area contributed by atoms with Crippen LogP contribution in [-0.4, -0.2) is 60.2 Å².